The number of H-pyrrole nitrogens is 1. The van der Waals surface area contributed by atoms with Crippen LogP contribution in [0.25, 0.3) is 28.0 Å². The van der Waals surface area contributed by atoms with Crippen molar-refractivity contribution in [3.8, 4) is 11.3 Å². The Labute approximate surface area is 193 Å². The van der Waals surface area contributed by atoms with E-state index in [2.05, 4.69) is 21.4 Å². The van der Waals surface area contributed by atoms with Gasteiger partial charge in [0, 0.05) is 42.7 Å². The van der Waals surface area contributed by atoms with Gasteiger partial charge in [-0.1, -0.05) is 31.1 Å². The predicted octanol–water partition coefficient (Wildman–Crippen LogP) is 3.77. The summed E-state index contributed by atoms with van der Waals surface area (Å²) >= 11 is 0. The molecular weight excluding hydrogens is 438 g/mol. The van der Waals surface area contributed by atoms with Crippen LogP contribution in [0.2, 0.25) is 0 Å². The SMILES string of the molecule is CS(=O)(=O)c1cccc(-c2cnc3[nH]cc(C4=CCN(C(=O)NC5CCCC5)CC4)c3n2)c1. The van der Waals surface area contributed by atoms with Gasteiger partial charge in [-0.3, -0.25) is 0 Å². The molecule has 1 fully saturated rings. The van der Waals surface area contributed by atoms with Crippen molar-refractivity contribution in [1.29, 1.82) is 0 Å². The molecule has 33 heavy (non-hydrogen) atoms. The molecule has 172 valence electrons. The molecule has 5 rings (SSSR count). The second-order valence-electron chi connectivity index (χ2n) is 8.81. The zero-order valence-corrected chi connectivity index (χ0v) is 19.4. The summed E-state index contributed by atoms with van der Waals surface area (Å²) in [5.74, 6) is 0. The number of nitrogens with zero attached hydrogens (tertiary/aromatic N) is 3. The summed E-state index contributed by atoms with van der Waals surface area (Å²) < 4.78 is 23.9. The highest BCUT2D eigenvalue weighted by Crippen LogP contribution is 2.30. The Bertz CT molecular complexity index is 1340. The van der Waals surface area contributed by atoms with E-state index in [0.29, 0.717) is 36.0 Å². The van der Waals surface area contributed by atoms with Crippen molar-refractivity contribution in [3.63, 3.8) is 0 Å². The number of aromatic nitrogens is 3. The fourth-order valence-electron chi connectivity index (χ4n) is 4.60. The lowest BCUT2D eigenvalue weighted by atomic mass is 10.0. The third-order valence-electron chi connectivity index (χ3n) is 6.46. The predicted molar refractivity (Wildman–Crippen MR) is 127 cm³/mol. The Hall–Kier alpha value is -3.20. The van der Waals surface area contributed by atoms with Crippen LogP contribution in [0.5, 0.6) is 0 Å². The summed E-state index contributed by atoms with van der Waals surface area (Å²) in [7, 11) is -3.31. The number of aromatic amines is 1. The van der Waals surface area contributed by atoms with Crippen molar-refractivity contribution in [2.24, 2.45) is 0 Å². The van der Waals surface area contributed by atoms with Crippen LogP contribution in [0.4, 0.5) is 4.79 Å². The van der Waals surface area contributed by atoms with Crippen LogP contribution < -0.4 is 5.32 Å². The van der Waals surface area contributed by atoms with Crippen molar-refractivity contribution in [2.45, 2.75) is 43.0 Å². The topological polar surface area (TPSA) is 108 Å². The van der Waals surface area contributed by atoms with E-state index in [1.807, 2.05) is 17.2 Å². The maximum Gasteiger partial charge on any atom is 0.317 e. The minimum Gasteiger partial charge on any atom is -0.344 e. The fraction of sp³-hybridized carbons (Fsp3) is 0.375. The molecule has 2 aliphatic rings. The number of fused-ring (bicyclic) bond motifs is 1. The Morgan fingerprint density at radius 3 is 2.79 bits per heavy atom. The van der Waals surface area contributed by atoms with E-state index in [1.165, 1.54) is 19.1 Å². The molecule has 2 N–H and O–H groups in total. The minimum absolute atomic E-state index is 0.0176. The average Bonchev–Trinajstić information content (AvgIpc) is 3.48. The van der Waals surface area contributed by atoms with E-state index < -0.39 is 9.84 Å². The summed E-state index contributed by atoms with van der Waals surface area (Å²) in [6, 6.07) is 7.07. The number of hydrogen-bond acceptors (Lipinski definition) is 5. The molecule has 0 atom stereocenters. The number of urea groups is 1. The monoisotopic (exact) mass is 465 g/mol. The van der Waals surface area contributed by atoms with E-state index in [0.717, 1.165) is 35.9 Å². The Kier molecular flexibility index (Phi) is 5.65. The molecule has 9 heteroatoms. The number of hydrogen-bond donors (Lipinski definition) is 2. The van der Waals surface area contributed by atoms with Gasteiger partial charge in [0.25, 0.3) is 0 Å². The Morgan fingerprint density at radius 1 is 1.24 bits per heavy atom. The molecule has 1 aliphatic carbocycles. The summed E-state index contributed by atoms with van der Waals surface area (Å²) in [5, 5.41) is 3.15. The Balaban J connectivity index is 1.38. The molecule has 8 nitrogen and oxygen atoms in total. The molecule has 0 saturated heterocycles. The maximum atomic E-state index is 12.6. The number of carbonyl (C=O) groups is 1. The van der Waals surface area contributed by atoms with E-state index in [9.17, 15) is 13.2 Å². The van der Waals surface area contributed by atoms with Crippen LogP contribution in [-0.4, -0.2) is 59.7 Å². The first-order valence-corrected chi connectivity index (χ1v) is 13.2. The molecule has 0 unspecified atom stereocenters. The van der Waals surface area contributed by atoms with Crippen LogP contribution in [0.15, 0.2) is 47.6 Å². The van der Waals surface area contributed by atoms with E-state index >= 15 is 0 Å². The van der Waals surface area contributed by atoms with E-state index in [4.69, 9.17) is 4.98 Å². The molecule has 2 aromatic heterocycles. The molecule has 3 aromatic rings. The first-order valence-electron chi connectivity index (χ1n) is 11.3. The van der Waals surface area contributed by atoms with E-state index in [1.54, 1.807) is 24.4 Å². The van der Waals surface area contributed by atoms with Crippen LogP contribution >= 0.6 is 0 Å². The molecule has 0 radical (unpaired) electrons. The van der Waals surface area contributed by atoms with Crippen molar-refractivity contribution in [3.05, 3.63) is 48.3 Å². The zero-order chi connectivity index (χ0) is 23.0. The Morgan fingerprint density at radius 2 is 2.06 bits per heavy atom. The van der Waals surface area contributed by atoms with Gasteiger partial charge in [-0.25, -0.2) is 23.2 Å². The van der Waals surface area contributed by atoms with Crippen LogP contribution in [0.3, 0.4) is 0 Å². The number of carbonyl (C=O) groups excluding carboxylic acids is 1. The second-order valence-corrected chi connectivity index (χ2v) is 10.8. The quantitative estimate of drug-likeness (QED) is 0.610. The molecule has 1 saturated carbocycles. The number of nitrogens with one attached hydrogen (secondary N) is 2. The fourth-order valence-corrected chi connectivity index (χ4v) is 5.26. The third kappa shape index (κ3) is 4.50. The normalized spacial score (nSPS) is 17.4. The van der Waals surface area contributed by atoms with Gasteiger partial charge in [-0.05, 0) is 37.0 Å². The lowest BCUT2D eigenvalue weighted by Crippen LogP contribution is -2.45. The second kappa shape index (κ2) is 8.62. The van der Waals surface area contributed by atoms with Gasteiger partial charge in [-0.15, -0.1) is 0 Å². The maximum absolute atomic E-state index is 12.6. The molecule has 0 bridgehead atoms. The van der Waals surface area contributed by atoms with Gasteiger partial charge >= 0.3 is 6.03 Å². The summed E-state index contributed by atoms with van der Waals surface area (Å²) in [6.45, 7) is 1.21. The first-order chi connectivity index (χ1) is 15.9. The van der Waals surface area contributed by atoms with Gasteiger partial charge in [0.1, 0.15) is 5.52 Å². The summed E-state index contributed by atoms with van der Waals surface area (Å²) in [4.78, 5) is 27.2. The van der Waals surface area contributed by atoms with Gasteiger partial charge in [0.15, 0.2) is 15.5 Å². The molecule has 0 spiro atoms. The zero-order valence-electron chi connectivity index (χ0n) is 18.5. The number of benzene rings is 1. The number of rotatable bonds is 4. The molecule has 1 aliphatic heterocycles. The average molecular weight is 466 g/mol. The number of sulfone groups is 1. The largest absolute Gasteiger partial charge is 0.344 e. The van der Waals surface area contributed by atoms with Gasteiger partial charge in [0.05, 0.1) is 16.8 Å². The standard InChI is InChI=1S/C24H27N5O3S/c1-33(31,32)19-8-4-5-17(13-19)21-15-26-23-22(28-21)20(14-25-23)16-9-11-29(12-10-16)24(30)27-18-6-2-3-7-18/h4-5,8-9,13-15,18H,2-3,6-7,10-12H2,1H3,(H,25,26)(H,27,30). The molecule has 1 aromatic carbocycles. The van der Waals surface area contributed by atoms with E-state index in [-0.39, 0.29) is 10.9 Å². The molecular formula is C24H27N5O3S. The third-order valence-corrected chi connectivity index (χ3v) is 7.57. The summed E-state index contributed by atoms with van der Waals surface area (Å²) in [6.07, 6.45) is 12.1. The van der Waals surface area contributed by atoms with Crippen molar-refractivity contribution < 1.29 is 13.2 Å². The highest BCUT2D eigenvalue weighted by molar-refractivity contribution is 7.90. The molecule has 3 heterocycles. The minimum atomic E-state index is -3.31. The van der Waals surface area contributed by atoms with Crippen molar-refractivity contribution in [1.82, 2.24) is 25.2 Å². The van der Waals surface area contributed by atoms with Crippen LogP contribution in [-0.2, 0) is 9.84 Å². The smallest absolute Gasteiger partial charge is 0.317 e. The highest BCUT2D eigenvalue weighted by Gasteiger charge is 2.23. The van der Waals surface area contributed by atoms with Gasteiger partial charge in [0.2, 0.25) is 0 Å². The number of amides is 2. The van der Waals surface area contributed by atoms with Crippen LogP contribution in [0, 0.1) is 0 Å². The first kappa shape index (κ1) is 21.6. The van der Waals surface area contributed by atoms with Crippen molar-refractivity contribution >= 4 is 32.6 Å². The van der Waals surface area contributed by atoms with Gasteiger partial charge in [-0.2, -0.15) is 0 Å². The van der Waals surface area contributed by atoms with Crippen LogP contribution in [0.1, 0.15) is 37.7 Å². The van der Waals surface area contributed by atoms with Crippen molar-refractivity contribution in [2.75, 3.05) is 19.3 Å². The van der Waals surface area contributed by atoms with Gasteiger partial charge < -0.3 is 15.2 Å². The summed E-state index contributed by atoms with van der Waals surface area (Å²) in [5.41, 5.74) is 4.83. The highest BCUT2D eigenvalue weighted by atomic mass is 32.2. The molecule has 2 amide bonds. The lowest BCUT2D eigenvalue weighted by Gasteiger charge is -2.28. The lowest BCUT2D eigenvalue weighted by molar-refractivity contribution is 0.199.